The van der Waals surface area contributed by atoms with Crippen molar-refractivity contribution < 1.29 is 4.79 Å². The normalized spacial score (nSPS) is 9.90. The van der Waals surface area contributed by atoms with E-state index in [1.165, 1.54) is 0 Å². The maximum Gasteiger partial charge on any atom is 0.249 e. The molecule has 0 aliphatic rings. The van der Waals surface area contributed by atoms with Gasteiger partial charge >= 0.3 is 0 Å². The van der Waals surface area contributed by atoms with Gasteiger partial charge in [0.25, 0.3) is 0 Å². The van der Waals surface area contributed by atoms with Crippen LogP contribution in [-0.4, -0.2) is 5.91 Å². The molecule has 1 amide bonds. The first kappa shape index (κ1) is 13.0. The van der Waals surface area contributed by atoms with E-state index in [4.69, 9.17) is 5.73 Å². The molecule has 3 aromatic rings. The molecule has 2 N–H and O–H groups in total. The zero-order chi connectivity index (χ0) is 14.7. The molecular weight excluding hydrogens is 258 g/mol. The van der Waals surface area contributed by atoms with E-state index in [0.29, 0.717) is 11.1 Å². The summed E-state index contributed by atoms with van der Waals surface area (Å²) in [5.74, 6) is 5.73. The van der Waals surface area contributed by atoms with Crippen molar-refractivity contribution in [3.8, 4) is 11.8 Å². The minimum absolute atomic E-state index is 0.449. The molecule has 0 radical (unpaired) electrons. The summed E-state index contributed by atoms with van der Waals surface area (Å²) in [4.78, 5) is 11.4. The van der Waals surface area contributed by atoms with Crippen LogP contribution >= 0.6 is 0 Å². The van der Waals surface area contributed by atoms with E-state index in [2.05, 4.69) is 24.0 Å². The van der Waals surface area contributed by atoms with Crippen LogP contribution in [0.3, 0.4) is 0 Å². The number of hydrogen-bond donors (Lipinski definition) is 1. The molecule has 2 heteroatoms. The molecule has 0 atom stereocenters. The first-order valence-corrected chi connectivity index (χ1v) is 6.64. The van der Waals surface area contributed by atoms with Gasteiger partial charge in [0.05, 0.1) is 5.56 Å². The molecule has 0 aliphatic carbocycles. The van der Waals surface area contributed by atoms with E-state index >= 15 is 0 Å². The Morgan fingerprint density at radius 2 is 1.38 bits per heavy atom. The van der Waals surface area contributed by atoms with Crippen LogP contribution in [0.15, 0.2) is 66.7 Å². The summed E-state index contributed by atoms with van der Waals surface area (Å²) in [6.07, 6.45) is 0. The summed E-state index contributed by atoms with van der Waals surface area (Å²) in [7, 11) is 0. The molecule has 3 rings (SSSR count). The molecule has 2 nitrogen and oxygen atoms in total. The Kier molecular flexibility index (Phi) is 3.41. The molecule has 21 heavy (non-hydrogen) atoms. The van der Waals surface area contributed by atoms with E-state index in [-0.39, 0.29) is 0 Å². The Bertz CT molecular complexity index is 879. The van der Waals surface area contributed by atoms with Crippen molar-refractivity contribution in [2.24, 2.45) is 5.73 Å². The standard InChI is InChI=1S/C19H13NO/c20-19(21)18-11-4-2-7-16(18)13-12-15-9-5-8-14-6-1-3-10-17(14)15/h1-11H,(H2,20,21). The lowest BCUT2D eigenvalue weighted by Gasteiger charge is -2.00. The van der Waals surface area contributed by atoms with Crippen LogP contribution in [0.4, 0.5) is 0 Å². The number of amides is 1. The number of primary amides is 1. The molecule has 0 aromatic heterocycles. The molecule has 100 valence electrons. The summed E-state index contributed by atoms with van der Waals surface area (Å²) < 4.78 is 0. The molecule has 0 aliphatic heterocycles. The lowest BCUT2D eigenvalue weighted by Crippen LogP contribution is -2.12. The Hall–Kier alpha value is -3.05. The van der Waals surface area contributed by atoms with E-state index < -0.39 is 5.91 Å². The predicted molar refractivity (Wildman–Crippen MR) is 84.9 cm³/mol. The van der Waals surface area contributed by atoms with Gasteiger partial charge in [-0.3, -0.25) is 4.79 Å². The lowest BCUT2D eigenvalue weighted by atomic mass is 10.0. The fourth-order valence-electron chi connectivity index (χ4n) is 2.28. The third-order valence-electron chi connectivity index (χ3n) is 3.31. The van der Waals surface area contributed by atoms with Crippen LogP contribution in [0.25, 0.3) is 10.8 Å². The van der Waals surface area contributed by atoms with Crippen molar-refractivity contribution in [2.75, 3.05) is 0 Å². The molecule has 0 fully saturated rings. The van der Waals surface area contributed by atoms with Gasteiger partial charge in [-0.2, -0.15) is 0 Å². The van der Waals surface area contributed by atoms with Crippen molar-refractivity contribution in [2.45, 2.75) is 0 Å². The molecule has 0 spiro atoms. The monoisotopic (exact) mass is 271 g/mol. The van der Waals surface area contributed by atoms with Crippen LogP contribution in [0.1, 0.15) is 21.5 Å². The summed E-state index contributed by atoms with van der Waals surface area (Å²) in [6.45, 7) is 0. The number of hydrogen-bond acceptors (Lipinski definition) is 1. The predicted octanol–water partition coefficient (Wildman–Crippen LogP) is 3.34. The van der Waals surface area contributed by atoms with Crippen LogP contribution in [0, 0.1) is 11.8 Å². The molecule has 0 unspecified atom stereocenters. The van der Waals surface area contributed by atoms with E-state index in [0.717, 1.165) is 16.3 Å². The van der Waals surface area contributed by atoms with Gasteiger partial charge < -0.3 is 5.73 Å². The van der Waals surface area contributed by atoms with Gasteiger partial charge in [0.2, 0.25) is 5.91 Å². The van der Waals surface area contributed by atoms with Crippen molar-refractivity contribution in [3.05, 3.63) is 83.4 Å². The number of carbonyl (C=O) groups is 1. The summed E-state index contributed by atoms with van der Waals surface area (Å²) in [5, 5.41) is 2.25. The number of nitrogens with two attached hydrogens (primary N) is 1. The second-order valence-corrected chi connectivity index (χ2v) is 4.69. The highest BCUT2D eigenvalue weighted by Crippen LogP contribution is 2.17. The number of fused-ring (bicyclic) bond motifs is 1. The Labute approximate surface area is 123 Å². The van der Waals surface area contributed by atoms with Gasteiger partial charge in [-0.1, -0.05) is 60.4 Å². The number of benzene rings is 3. The van der Waals surface area contributed by atoms with E-state index in [1.807, 2.05) is 36.4 Å². The quantitative estimate of drug-likeness (QED) is 0.678. The minimum atomic E-state index is -0.460. The largest absolute Gasteiger partial charge is 0.366 e. The van der Waals surface area contributed by atoms with Crippen LogP contribution < -0.4 is 5.73 Å². The number of rotatable bonds is 1. The smallest absolute Gasteiger partial charge is 0.249 e. The fraction of sp³-hybridized carbons (Fsp3) is 0. The highest BCUT2D eigenvalue weighted by atomic mass is 16.1. The second kappa shape index (κ2) is 5.52. The maximum absolute atomic E-state index is 11.4. The van der Waals surface area contributed by atoms with Gasteiger partial charge in [-0.05, 0) is 29.0 Å². The second-order valence-electron chi connectivity index (χ2n) is 4.69. The molecule has 0 saturated heterocycles. The average Bonchev–Trinajstić information content (AvgIpc) is 2.53. The van der Waals surface area contributed by atoms with Gasteiger partial charge in [-0.25, -0.2) is 0 Å². The highest BCUT2D eigenvalue weighted by molar-refractivity contribution is 5.95. The Balaban J connectivity index is 2.11. The van der Waals surface area contributed by atoms with Gasteiger partial charge in [-0.15, -0.1) is 0 Å². The minimum Gasteiger partial charge on any atom is -0.366 e. The van der Waals surface area contributed by atoms with Gasteiger partial charge in [0.15, 0.2) is 0 Å². The van der Waals surface area contributed by atoms with E-state index in [1.54, 1.807) is 18.2 Å². The first-order valence-electron chi connectivity index (χ1n) is 6.64. The third-order valence-corrected chi connectivity index (χ3v) is 3.31. The molecule has 0 saturated carbocycles. The summed E-state index contributed by atoms with van der Waals surface area (Å²) in [5.41, 5.74) is 7.40. The molecular formula is C19H13NO. The van der Waals surface area contributed by atoms with Gasteiger partial charge in [0.1, 0.15) is 0 Å². The third kappa shape index (κ3) is 2.63. The van der Waals surface area contributed by atoms with Crippen molar-refractivity contribution >= 4 is 16.7 Å². The van der Waals surface area contributed by atoms with Gasteiger partial charge in [0, 0.05) is 11.1 Å². The van der Waals surface area contributed by atoms with E-state index in [9.17, 15) is 4.79 Å². The highest BCUT2D eigenvalue weighted by Gasteiger charge is 2.04. The van der Waals surface area contributed by atoms with Crippen LogP contribution in [0.2, 0.25) is 0 Å². The molecule has 0 bridgehead atoms. The van der Waals surface area contributed by atoms with Crippen molar-refractivity contribution in [1.29, 1.82) is 0 Å². The summed E-state index contributed by atoms with van der Waals surface area (Å²) >= 11 is 0. The number of carbonyl (C=O) groups excluding carboxylic acids is 1. The van der Waals surface area contributed by atoms with Crippen molar-refractivity contribution in [1.82, 2.24) is 0 Å². The molecule has 0 heterocycles. The Morgan fingerprint density at radius 1 is 0.762 bits per heavy atom. The van der Waals surface area contributed by atoms with Crippen LogP contribution in [0.5, 0.6) is 0 Å². The average molecular weight is 271 g/mol. The zero-order valence-electron chi connectivity index (χ0n) is 11.3. The SMILES string of the molecule is NC(=O)c1ccccc1C#Cc1cccc2ccccc12. The topological polar surface area (TPSA) is 43.1 Å². The van der Waals surface area contributed by atoms with Crippen LogP contribution in [-0.2, 0) is 0 Å². The fourth-order valence-corrected chi connectivity index (χ4v) is 2.28. The molecule has 3 aromatic carbocycles. The lowest BCUT2D eigenvalue weighted by molar-refractivity contribution is 0.1000. The Morgan fingerprint density at radius 3 is 2.24 bits per heavy atom. The van der Waals surface area contributed by atoms with Crippen molar-refractivity contribution in [3.63, 3.8) is 0 Å². The first-order chi connectivity index (χ1) is 10.3. The zero-order valence-corrected chi connectivity index (χ0v) is 11.3. The summed E-state index contributed by atoms with van der Waals surface area (Å²) in [6, 6.07) is 21.2. The maximum atomic E-state index is 11.4.